The van der Waals surface area contributed by atoms with E-state index in [0.717, 1.165) is 41.4 Å². The Morgan fingerprint density at radius 2 is 1.55 bits per heavy atom. The Kier molecular flexibility index (Phi) is 12.1. The molecule has 2 aliphatic heterocycles. The number of fused-ring (bicyclic) bond motifs is 1. The number of anilines is 1. The molecule has 0 spiro atoms. The van der Waals surface area contributed by atoms with Crippen molar-refractivity contribution in [2.75, 3.05) is 24.3 Å². The average molecular weight is 825 g/mol. The van der Waals surface area contributed by atoms with Crippen molar-refractivity contribution in [3.05, 3.63) is 130 Å². The van der Waals surface area contributed by atoms with Crippen LogP contribution in [-0.2, 0) is 43.8 Å². The normalized spacial score (nSPS) is 18.3. The van der Waals surface area contributed by atoms with E-state index in [1.54, 1.807) is 5.38 Å². The summed E-state index contributed by atoms with van der Waals surface area (Å²) in [6.45, 7) is 2.42. The first-order valence-electron chi connectivity index (χ1n) is 18.4. The Hall–Kier alpha value is -6.20. The fraction of sp³-hybridized carbons (Fsp3) is 0.293. The molecule has 0 radical (unpaired) electrons. The molecule has 0 bridgehead atoms. The molecule has 4 aromatic rings. The van der Waals surface area contributed by atoms with E-state index in [0.29, 0.717) is 17.7 Å². The number of thioether (sulfide) groups is 1. The first-order chi connectivity index (χ1) is 28.0. The highest BCUT2D eigenvalue weighted by molar-refractivity contribution is 8.00. The van der Waals surface area contributed by atoms with Crippen LogP contribution in [0, 0.1) is 5.92 Å². The van der Waals surface area contributed by atoms with Gasteiger partial charge in [0.1, 0.15) is 41.6 Å². The Morgan fingerprint density at radius 1 is 0.948 bits per heavy atom. The number of aromatic nitrogens is 1. The van der Waals surface area contributed by atoms with Crippen molar-refractivity contribution in [3.8, 4) is 0 Å². The zero-order valence-electron chi connectivity index (χ0n) is 31.5. The predicted molar refractivity (Wildman–Crippen MR) is 215 cm³/mol. The van der Waals surface area contributed by atoms with E-state index in [2.05, 4.69) is 15.8 Å². The van der Waals surface area contributed by atoms with E-state index in [-0.39, 0.29) is 28.4 Å². The third kappa shape index (κ3) is 8.69. The summed E-state index contributed by atoms with van der Waals surface area (Å²) in [6.07, 6.45) is -0.362. The second-order valence-corrected chi connectivity index (χ2v) is 15.7. The summed E-state index contributed by atoms with van der Waals surface area (Å²) in [7, 11) is 0. The second kappa shape index (κ2) is 17.5. The minimum Gasteiger partial charge on any atom is -0.445 e. The van der Waals surface area contributed by atoms with Crippen LogP contribution in [-0.4, -0.2) is 82.1 Å². The molecular formula is C41H40N6O9S2. The van der Waals surface area contributed by atoms with Crippen LogP contribution in [0.4, 0.5) is 9.93 Å². The fourth-order valence-electron chi connectivity index (χ4n) is 6.69. The molecule has 3 heterocycles. The van der Waals surface area contributed by atoms with Gasteiger partial charge in [0.25, 0.3) is 11.8 Å². The number of oxime groups is 1. The highest BCUT2D eigenvalue weighted by Crippen LogP contribution is 2.42. The largest absolute Gasteiger partial charge is 0.445 e. The summed E-state index contributed by atoms with van der Waals surface area (Å²) in [6, 6.07) is 28.9. The molecule has 300 valence electrons. The zero-order valence-corrected chi connectivity index (χ0v) is 33.1. The third-order valence-corrected chi connectivity index (χ3v) is 11.7. The zero-order chi connectivity index (χ0) is 40.8. The van der Waals surface area contributed by atoms with Gasteiger partial charge in [0.15, 0.2) is 10.8 Å². The number of nitrogens with two attached hydrogens (primary N) is 1. The van der Waals surface area contributed by atoms with E-state index in [1.807, 2.05) is 91.0 Å². The molecule has 1 saturated heterocycles. The van der Waals surface area contributed by atoms with Crippen molar-refractivity contribution < 1.29 is 43.0 Å². The summed E-state index contributed by atoms with van der Waals surface area (Å²) in [4.78, 5) is 75.8. The van der Waals surface area contributed by atoms with Crippen molar-refractivity contribution in [1.82, 2.24) is 15.2 Å². The molecule has 2 fully saturated rings. The molecule has 3 aromatic carbocycles. The maximum Gasteiger partial charge on any atom is 0.404 e. The van der Waals surface area contributed by atoms with Gasteiger partial charge < -0.3 is 35.4 Å². The molecule has 1 aromatic heterocycles. The van der Waals surface area contributed by atoms with Crippen LogP contribution in [0.3, 0.4) is 0 Å². The van der Waals surface area contributed by atoms with Crippen LogP contribution in [0.1, 0.15) is 49.1 Å². The molecule has 17 heteroatoms. The lowest BCUT2D eigenvalue weighted by Gasteiger charge is -2.49. The fourth-order valence-corrected chi connectivity index (χ4v) is 8.77. The minimum atomic E-state index is -1.28. The predicted octanol–water partition coefficient (Wildman–Crippen LogP) is 4.88. The van der Waals surface area contributed by atoms with Gasteiger partial charge in [-0.1, -0.05) is 96.2 Å². The molecule has 3 atom stereocenters. The quantitative estimate of drug-likeness (QED) is 0.0346. The second-order valence-electron chi connectivity index (χ2n) is 13.7. The molecule has 58 heavy (non-hydrogen) atoms. The number of nitrogens with zero attached hydrogens (tertiary/aromatic N) is 3. The van der Waals surface area contributed by atoms with E-state index in [1.165, 1.54) is 30.0 Å². The van der Waals surface area contributed by atoms with Gasteiger partial charge in [-0.15, -0.1) is 23.1 Å². The number of carbonyl (C=O) groups is 5. The Morgan fingerprint density at radius 3 is 2.10 bits per heavy atom. The molecule has 3 aliphatic rings. The van der Waals surface area contributed by atoms with Crippen LogP contribution < -0.4 is 16.4 Å². The van der Waals surface area contributed by atoms with E-state index in [9.17, 15) is 24.0 Å². The summed E-state index contributed by atoms with van der Waals surface area (Å²) in [5.41, 5.74) is 7.30. The van der Waals surface area contributed by atoms with E-state index in [4.69, 9.17) is 29.8 Å². The molecule has 3 amide bonds. The maximum absolute atomic E-state index is 14.1. The van der Waals surface area contributed by atoms with Gasteiger partial charge in [-0.2, -0.15) is 0 Å². The molecule has 4 N–H and O–H groups in total. The monoisotopic (exact) mass is 824 g/mol. The number of rotatable bonds is 16. The van der Waals surface area contributed by atoms with Gasteiger partial charge in [-0.25, -0.2) is 14.6 Å². The van der Waals surface area contributed by atoms with Crippen LogP contribution >= 0.6 is 23.1 Å². The number of benzene rings is 3. The molecular weight excluding hydrogens is 785 g/mol. The highest BCUT2D eigenvalue weighted by Gasteiger charge is 2.55. The molecule has 1 aliphatic carbocycles. The van der Waals surface area contributed by atoms with Crippen molar-refractivity contribution in [2.45, 2.75) is 49.9 Å². The maximum atomic E-state index is 14.1. The van der Waals surface area contributed by atoms with Crippen molar-refractivity contribution in [1.29, 1.82) is 0 Å². The standard InChI is InChI=1S/C41H40N6O9S2/c1-24(48)55-25(2)56-38(51)34-27(21-53-39(42)52)22-57-37-33(36(50)47(34)37)44-35(49)32(46-54-20-26-18-19-26)31-23-58-40(43-31)45-41(28-12-6-3-7-13-28,29-14-8-4-9-15-29)30-16-10-5-11-17-30/h3-17,23,25-26,33,37H,18-22H2,1-2H3,(H2,42,52)(H,43,45)(H,44,49)/b46-32+/t25?,33-,37-/m1/s1. The topological polar surface area (TPSA) is 201 Å². The van der Waals surface area contributed by atoms with Crippen molar-refractivity contribution in [2.24, 2.45) is 16.8 Å². The Balaban J connectivity index is 1.16. The lowest BCUT2D eigenvalue weighted by atomic mass is 9.77. The minimum absolute atomic E-state index is 0.124. The number of β-lactam (4-membered cyclic amide) rings is 1. The van der Waals surface area contributed by atoms with E-state index < -0.39 is 59.7 Å². The lowest BCUT2D eigenvalue weighted by Crippen LogP contribution is -2.71. The van der Waals surface area contributed by atoms with Gasteiger partial charge in [0.2, 0.25) is 6.29 Å². The number of thiazole rings is 1. The number of hydrogen-bond donors (Lipinski definition) is 3. The Labute approximate surface area is 341 Å². The van der Waals surface area contributed by atoms with Crippen LogP contribution in [0.25, 0.3) is 0 Å². The third-order valence-electron chi connectivity index (χ3n) is 9.56. The Bertz CT molecular complexity index is 2130. The van der Waals surface area contributed by atoms with Gasteiger partial charge in [-0.3, -0.25) is 19.3 Å². The van der Waals surface area contributed by atoms with Crippen LogP contribution in [0.5, 0.6) is 0 Å². The number of ether oxygens (including phenoxy) is 3. The van der Waals surface area contributed by atoms with Gasteiger partial charge >= 0.3 is 18.0 Å². The summed E-state index contributed by atoms with van der Waals surface area (Å²) < 4.78 is 15.2. The molecule has 1 saturated carbocycles. The highest BCUT2D eigenvalue weighted by atomic mass is 32.2. The summed E-state index contributed by atoms with van der Waals surface area (Å²) >= 11 is 2.51. The van der Waals surface area contributed by atoms with Crippen molar-refractivity contribution in [3.63, 3.8) is 0 Å². The van der Waals surface area contributed by atoms with Crippen LogP contribution in [0.15, 0.2) is 113 Å². The van der Waals surface area contributed by atoms with Crippen molar-refractivity contribution >= 4 is 63.8 Å². The average Bonchev–Trinajstić information content (AvgIpc) is 3.94. The smallest absolute Gasteiger partial charge is 0.404 e. The summed E-state index contributed by atoms with van der Waals surface area (Å²) in [5.74, 6) is -2.56. The lowest BCUT2D eigenvalue weighted by molar-refractivity contribution is -0.182. The SMILES string of the molecule is CC(=O)OC(C)OC(=O)C1=C(COC(N)=O)CS[C@@H]2[C@H](NC(=O)/C(=N/OCC3CC3)c3csc(NC(c4ccccc4)(c4ccccc4)c4ccccc4)n3)C(=O)N12. The van der Waals surface area contributed by atoms with E-state index >= 15 is 0 Å². The number of hydrogen-bond acceptors (Lipinski definition) is 14. The molecule has 15 nitrogen and oxygen atoms in total. The van der Waals surface area contributed by atoms with Gasteiger partial charge in [-0.05, 0) is 35.4 Å². The number of carbonyl (C=O) groups excluding carboxylic acids is 5. The first-order valence-corrected chi connectivity index (χ1v) is 20.4. The molecule has 7 rings (SSSR count). The number of primary amides is 1. The number of esters is 2. The van der Waals surface area contributed by atoms with Gasteiger partial charge in [0.05, 0.1) is 0 Å². The van der Waals surface area contributed by atoms with Gasteiger partial charge in [0, 0.05) is 30.6 Å². The summed E-state index contributed by atoms with van der Waals surface area (Å²) in [5, 5.41) is 12.2. The number of nitrogens with one attached hydrogen (secondary N) is 2. The molecule has 1 unspecified atom stereocenters. The number of amides is 3. The van der Waals surface area contributed by atoms with Crippen LogP contribution in [0.2, 0.25) is 0 Å². The first kappa shape index (κ1) is 40.0.